The van der Waals surface area contributed by atoms with Crippen molar-refractivity contribution in [3.63, 3.8) is 0 Å². The zero-order valence-corrected chi connectivity index (χ0v) is 17.9. The van der Waals surface area contributed by atoms with Gasteiger partial charge in [-0.15, -0.1) is 5.10 Å². The van der Waals surface area contributed by atoms with E-state index in [-0.39, 0.29) is 23.3 Å². The number of piperidine rings is 1. The number of nitrogens with zero attached hydrogens (tertiary/aromatic N) is 6. The molecule has 1 aliphatic heterocycles. The summed E-state index contributed by atoms with van der Waals surface area (Å²) in [6.45, 7) is 1.41. The highest BCUT2D eigenvalue weighted by Gasteiger charge is 2.50. The van der Waals surface area contributed by atoms with E-state index < -0.39 is 0 Å². The van der Waals surface area contributed by atoms with Crippen LogP contribution < -0.4 is 0 Å². The molecule has 3 aromatic rings. The Hall–Kier alpha value is -3.29. The molecule has 160 valence electrons. The minimum absolute atomic E-state index is 0.00199. The maximum absolute atomic E-state index is 13.2. The zero-order valence-electron chi connectivity index (χ0n) is 17.9. The van der Waals surface area contributed by atoms with E-state index in [1.165, 1.54) is 4.90 Å². The standard InChI is InChI=1S/C23H26N6O2/c1-27(2)21(30)18-15-29(26-25-18)19-7-9-23(19)10-13-28(14-11-23)22(31)20-17-6-4-3-5-16(17)8-12-24-20/h3-6,8,12,15,19H,7,9-11,13-14H2,1-2H3. The molecule has 0 radical (unpaired) electrons. The first-order valence-corrected chi connectivity index (χ1v) is 10.7. The monoisotopic (exact) mass is 418 g/mol. The zero-order chi connectivity index (χ0) is 21.6. The van der Waals surface area contributed by atoms with Crippen LogP contribution in [-0.4, -0.2) is 68.8 Å². The molecule has 1 saturated carbocycles. The second-order valence-electron chi connectivity index (χ2n) is 8.87. The third-order valence-electron chi connectivity index (χ3n) is 7.00. The van der Waals surface area contributed by atoms with Crippen LogP contribution in [-0.2, 0) is 0 Å². The van der Waals surface area contributed by atoms with Gasteiger partial charge in [-0.2, -0.15) is 0 Å². The normalized spacial score (nSPS) is 19.9. The van der Waals surface area contributed by atoms with Crippen molar-refractivity contribution in [1.82, 2.24) is 29.8 Å². The number of rotatable bonds is 3. The number of hydrogen-bond acceptors (Lipinski definition) is 5. The van der Waals surface area contributed by atoms with Crippen LogP contribution in [0.3, 0.4) is 0 Å². The summed E-state index contributed by atoms with van der Waals surface area (Å²) in [4.78, 5) is 33.2. The quantitative estimate of drug-likeness (QED) is 0.653. The molecule has 1 spiro atoms. The Morgan fingerprint density at radius 3 is 2.58 bits per heavy atom. The number of aromatic nitrogens is 4. The van der Waals surface area contributed by atoms with Crippen molar-refractivity contribution in [2.75, 3.05) is 27.2 Å². The molecule has 8 nitrogen and oxygen atoms in total. The third-order valence-corrected chi connectivity index (χ3v) is 7.00. The molecule has 2 aliphatic rings. The van der Waals surface area contributed by atoms with E-state index in [1.54, 1.807) is 26.5 Å². The van der Waals surface area contributed by atoms with Gasteiger partial charge >= 0.3 is 0 Å². The number of hydrogen-bond donors (Lipinski definition) is 0. The van der Waals surface area contributed by atoms with Crippen LogP contribution in [0, 0.1) is 5.41 Å². The summed E-state index contributed by atoms with van der Waals surface area (Å²) in [7, 11) is 3.42. The topological polar surface area (TPSA) is 84.2 Å². The van der Waals surface area contributed by atoms with E-state index in [0.29, 0.717) is 24.5 Å². The minimum Gasteiger partial charge on any atom is -0.343 e. The summed E-state index contributed by atoms with van der Waals surface area (Å²) in [6, 6.07) is 10.0. The van der Waals surface area contributed by atoms with Crippen LogP contribution in [0.4, 0.5) is 0 Å². The van der Waals surface area contributed by atoms with Gasteiger partial charge in [-0.1, -0.05) is 29.5 Å². The van der Waals surface area contributed by atoms with Gasteiger partial charge in [-0.05, 0) is 42.6 Å². The minimum atomic E-state index is -0.136. The Bertz CT molecular complexity index is 1140. The summed E-state index contributed by atoms with van der Waals surface area (Å²) in [6.07, 6.45) is 7.46. The molecule has 1 aliphatic carbocycles. The van der Waals surface area contributed by atoms with Gasteiger partial charge < -0.3 is 9.80 Å². The van der Waals surface area contributed by atoms with E-state index in [0.717, 1.165) is 36.5 Å². The average molecular weight is 419 g/mol. The number of fused-ring (bicyclic) bond motifs is 1. The van der Waals surface area contributed by atoms with E-state index in [2.05, 4.69) is 15.3 Å². The highest BCUT2D eigenvalue weighted by atomic mass is 16.2. The van der Waals surface area contributed by atoms with Crippen LogP contribution >= 0.6 is 0 Å². The summed E-state index contributed by atoms with van der Waals surface area (Å²) in [5.74, 6) is -0.134. The van der Waals surface area contributed by atoms with E-state index in [1.807, 2.05) is 39.9 Å². The van der Waals surface area contributed by atoms with Crippen molar-refractivity contribution in [3.05, 3.63) is 54.1 Å². The number of benzene rings is 1. The van der Waals surface area contributed by atoms with Gasteiger partial charge in [0.25, 0.3) is 11.8 Å². The molecule has 5 rings (SSSR count). The van der Waals surface area contributed by atoms with Gasteiger partial charge in [0.15, 0.2) is 5.69 Å². The van der Waals surface area contributed by atoms with E-state index >= 15 is 0 Å². The summed E-state index contributed by atoms with van der Waals surface area (Å²) < 4.78 is 1.87. The maximum Gasteiger partial charge on any atom is 0.275 e. The summed E-state index contributed by atoms with van der Waals surface area (Å²) in [5, 5.41) is 10.3. The predicted octanol–water partition coefficient (Wildman–Crippen LogP) is 2.79. The fraction of sp³-hybridized carbons (Fsp3) is 0.435. The van der Waals surface area contributed by atoms with Crippen LogP contribution in [0.5, 0.6) is 0 Å². The first-order chi connectivity index (χ1) is 15.0. The molecule has 0 bridgehead atoms. The Balaban J connectivity index is 1.30. The Kier molecular flexibility index (Phi) is 4.72. The van der Waals surface area contributed by atoms with Gasteiger partial charge in [0.2, 0.25) is 0 Å². The summed E-state index contributed by atoms with van der Waals surface area (Å²) in [5.41, 5.74) is 1.03. The van der Waals surface area contributed by atoms with Crippen molar-refractivity contribution < 1.29 is 9.59 Å². The fourth-order valence-corrected chi connectivity index (χ4v) is 5.03. The first-order valence-electron chi connectivity index (χ1n) is 10.7. The van der Waals surface area contributed by atoms with Gasteiger partial charge in [0.1, 0.15) is 5.69 Å². The molecule has 1 aromatic carbocycles. The molecular weight excluding hydrogens is 392 g/mol. The van der Waals surface area contributed by atoms with Crippen LogP contribution in [0.1, 0.15) is 52.7 Å². The average Bonchev–Trinajstić information content (AvgIpc) is 3.26. The molecular formula is C23H26N6O2. The lowest BCUT2D eigenvalue weighted by molar-refractivity contribution is -0.0269. The van der Waals surface area contributed by atoms with Gasteiger partial charge in [-0.3, -0.25) is 14.6 Å². The molecule has 8 heteroatoms. The third kappa shape index (κ3) is 3.26. The number of carbonyl (C=O) groups is 2. The molecule has 1 unspecified atom stereocenters. The Morgan fingerprint density at radius 2 is 1.87 bits per heavy atom. The number of pyridine rings is 1. The smallest absolute Gasteiger partial charge is 0.275 e. The Morgan fingerprint density at radius 1 is 1.10 bits per heavy atom. The van der Waals surface area contributed by atoms with Gasteiger partial charge in [0.05, 0.1) is 12.2 Å². The van der Waals surface area contributed by atoms with Crippen molar-refractivity contribution in [2.45, 2.75) is 31.7 Å². The second-order valence-corrected chi connectivity index (χ2v) is 8.87. The van der Waals surface area contributed by atoms with Crippen LogP contribution in [0.15, 0.2) is 42.7 Å². The molecule has 31 heavy (non-hydrogen) atoms. The molecule has 2 fully saturated rings. The number of amides is 2. The van der Waals surface area contributed by atoms with Crippen LogP contribution in [0.25, 0.3) is 10.8 Å². The molecule has 3 heterocycles. The lowest BCUT2D eigenvalue weighted by Gasteiger charge is -2.53. The Labute approximate surface area is 180 Å². The predicted molar refractivity (Wildman–Crippen MR) is 116 cm³/mol. The second kappa shape index (κ2) is 7.44. The van der Waals surface area contributed by atoms with E-state index in [4.69, 9.17) is 0 Å². The lowest BCUT2D eigenvalue weighted by Crippen LogP contribution is -2.51. The largest absolute Gasteiger partial charge is 0.343 e. The van der Waals surface area contributed by atoms with Crippen molar-refractivity contribution in [2.24, 2.45) is 5.41 Å². The summed E-state index contributed by atoms with van der Waals surface area (Å²) >= 11 is 0. The van der Waals surface area contributed by atoms with E-state index in [9.17, 15) is 9.59 Å². The highest BCUT2D eigenvalue weighted by molar-refractivity contribution is 6.05. The van der Waals surface area contributed by atoms with Gasteiger partial charge in [0, 0.05) is 38.8 Å². The number of carbonyl (C=O) groups excluding carboxylic acids is 2. The molecule has 0 N–H and O–H groups in total. The molecule has 1 atom stereocenters. The maximum atomic E-state index is 13.2. The van der Waals surface area contributed by atoms with Crippen molar-refractivity contribution in [1.29, 1.82) is 0 Å². The van der Waals surface area contributed by atoms with Crippen molar-refractivity contribution in [3.8, 4) is 0 Å². The number of likely N-dealkylation sites (tertiary alicyclic amines) is 1. The SMILES string of the molecule is CN(C)C(=O)c1cn(C2CCC23CCN(C(=O)c2nccc4ccccc24)CC3)nn1. The molecule has 2 amide bonds. The molecule has 2 aromatic heterocycles. The highest BCUT2D eigenvalue weighted by Crippen LogP contribution is 2.56. The first kappa shape index (κ1) is 19.7. The fourth-order valence-electron chi connectivity index (χ4n) is 5.03. The molecule has 1 saturated heterocycles. The lowest BCUT2D eigenvalue weighted by atomic mass is 9.59. The van der Waals surface area contributed by atoms with Crippen molar-refractivity contribution >= 4 is 22.6 Å². The van der Waals surface area contributed by atoms with Crippen LogP contribution in [0.2, 0.25) is 0 Å². The van der Waals surface area contributed by atoms with Gasteiger partial charge in [-0.25, -0.2) is 4.68 Å².